The summed E-state index contributed by atoms with van der Waals surface area (Å²) in [4.78, 5) is 42.1. The zero-order chi connectivity index (χ0) is 16.4. The SMILES string of the molecule is CN1CCN(C(=O)CC2SC(=O)N(c3ccccc3)C2=O)CC1. The highest BCUT2D eigenvalue weighted by molar-refractivity contribution is 8.15. The third-order valence-corrected chi connectivity index (χ3v) is 5.19. The summed E-state index contributed by atoms with van der Waals surface area (Å²) in [5.74, 6) is -0.347. The first-order valence-corrected chi connectivity index (χ1v) is 8.50. The minimum atomic E-state index is -0.616. The van der Waals surface area contributed by atoms with Crippen molar-refractivity contribution in [1.82, 2.24) is 9.80 Å². The van der Waals surface area contributed by atoms with Gasteiger partial charge in [-0.25, -0.2) is 4.90 Å². The molecule has 1 aromatic carbocycles. The van der Waals surface area contributed by atoms with Crippen molar-refractivity contribution in [3.63, 3.8) is 0 Å². The van der Waals surface area contributed by atoms with Crippen LogP contribution in [0.25, 0.3) is 0 Å². The fraction of sp³-hybridized carbons (Fsp3) is 0.438. The van der Waals surface area contributed by atoms with Crippen molar-refractivity contribution < 1.29 is 14.4 Å². The van der Waals surface area contributed by atoms with Gasteiger partial charge in [0.1, 0.15) is 5.25 Å². The van der Waals surface area contributed by atoms with Gasteiger partial charge in [-0.2, -0.15) is 0 Å². The Morgan fingerprint density at radius 3 is 2.43 bits per heavy atom. The van der Waals surface area contributed by atoms with Crippen LogP contribution in [-0.4, -0.2) is 65.3 Å². The monoisotopic (exact) mass is 333 g/mol. The number of hydrogen-bond donors (Lipinski definition) is 0. The van der Waals surface area contributed by atoms with Gasteiger partial charge >= 0.3 is 0 Å². The molecule has 0 radical (unpaired) electrons. The highest BCUT2D eigenvalue weighted by Gasteiger charge is 2.42. The summed E-state index contributed by atoms with van der Waals surface area (Å²) in [5, 5.41) is -0.924. The van der Waals surface area contributed by atoms with E-state index in [1.807, 2.05) is 13.1 Å². The van der Waals surface area contributed by atoms with Crippen molar-refractivity contribution in [2.45, 2.75) is 11.7 Å². The Labute approximate surface area is 139 Å². The first-order valence-electron chi connectivity index (χ1n) is 7.62. The molecule has 2 fully saturated rings. The summed E-state index contributed by atoms with van der Waals surface area (Å²) in [6, 6.07) is 8.84. The zero-order valence-electron chi connectivity index (χ0n) is 13.0. The van der Waals surface area contributed by atoms with Gasteiger partial charge in [0.2, 0.25) is 11.8 Å². The van der Waals surface area contributed by atoms with E-state index in [-0.39, 0.29) is 23.5 Å². The number of hydrogen-bond acceptors (Lipinski definition) is 5. The maximum atomic E-state index is 12.5. The highest BCUT2D eigenvalue weighted by Crippen LogP contribution is 2.33. The summed E-state index contributed by atoms with van der Waals surface area (Å²) < 4.78 is 0. The van der Waals surface area contributed by atoms with Crippen LogP contribution in [0.5, 0.6) is 0 Å². The lowest BCUT2D eigenvalue weighted by atomic mass is 10.2. The second-order valence-electron chi connectivity index (χ2n) is 5.77. The van der Waals surface area contributed by atoms with Gasteiger partial charge in [0.15, 0.2) is 0 Å². The average Bonchev–Trinajstić information content (AvgIpc) is 2.82. The summed E-state index contributed by atoms with van der Waals surface area (Å²) in [5.41, 5.74) is 0.560. The molecule has 0 bridgehead atoms. The Morgan fingerprint density at radius 2 is 1.78 bits per heavy atom. The number of imide groups is 1. The van der Waals surface area contributed by atoms with E-state index >= 15 is 0 Å². The van der Waals surface area contributed by atoms with Crippen LogP contribution in [0.15, 0.2) is 30.3 Å². The topological polar surface area (TPSA) is 60.9 Å². The zero-order valence-corrected chi connectivity index (χ0v) is 13.8. The van der Waals surface area contributed by atoms with Crippen LogP contribution < -0.4 is 4.90 Å². The van der Waals surface area contributed by atoms with Crippen LogP contribution in [-0.2, 0) is 9.59 Å². The molecule has 2 heterocycles. The summed E-state index contributed by atoms with van der Waals surface area (Å²) in [6.07, 6.45) is 0.0856. The molecule has 122 valence electrons. The van der Waals surface area contributed by atoms with Gasteiger partial charge in [0.25, 0.3) is 5.24 Å². The van der Waals surface area contributed by atoms with Gasteiger partial charge in [0, 0.05) is 32.6 Å². The molecule has 0 N–H and O–H groups in total. The van der Waals surface area contributed by atoms with Gasteiger partial charge in [-0.05, 0) is 30.9 Å². The Bertz CT molecular complexity index is 614. The molecule has 1 atom stereocenters. The van der Waals surface area contributed by atoms with E-state index in [1.54, 1.807) is 29.2 Å². The third-order valence-electron chi connectivity index (χ3n) is 4.15. The molecular formula is C16H19N3O3S. The average molecular weight is 333 g/mol. The predicted molar refractivity (Wildman–Crippen MR) is 89.4 cm³/mol. The van der Waals surface area contributed by atoms with E-state index < -0.39 is 5.25 Å². The van der Waals surface area contributed by atoms with Gasteiger partial charge in [0.05, 0.1) is 5.69 Å². The van der Waals surface area contributed by atoms with Crippen molar-refractivity contribution in [3.05, 3.63) is 30.3 Å². The number of anilines is 1. The molecule has 0 aliphatic carbocycles. The third kappa shape index (κ3) is 3.40. The molecule has 2 aliphatic rings. The first-order chi connectivity index (χ1) is 11.1. The Morgan fingerprint density at radius 1 is 1.13 bits per heavy atom. The maximum absolute atomic E-state index is 12.5. The maximum Gasteiger partial charge on any atom is 0.293 e. The lowest BCUT2D eigenvalue weighted by molar-refractivity contribution is -0.134. The van der Waals surface area contributed by atoms with E-state index in [0.29, 0.717) is 18.8 Å². The summed E-state index contributed by atoms with van der Waals surface area (Å²) in [6.45, 7) is 3.04. The van der Waals surface area contributed by atoms with E-state index in [9.17, 15) is 14.4 Å². The number of rotatable bonds is 3. The molecule has 6 nitrogen and oxygen atoms in total. The minimum Gasteiger partial charge on any atom is -0.340 e. The number of amides is 3. The number of carbonyl (C=O) groups excluding carboxylic acids is 3. The molecule has 2 aliphatic heterocycles. The molecule has 1 unspecified atom stereocenters. The lowest BCUT2D eigenvalue weighted by Gasteiger charge is -2.32. The fourth-order valence-corrected chi connectivity index (χ4v) is 3.72. The lowest BCUT2D eigenvalue weighted by Crippen LogP contribution is -2.48. The smallest absolute Gasteiger partial charge is 0.293 e. The molecule has 0 aromatic heterocycles. The standard InChI is InChI=1S/C16H19N3O3S/c1-17-7-9-18(10-8-17)14(20)11-13-15(21)19(16(22)23-13)12-5-3-2-4-6-12/h2-6,13H,7-11H2,1H3. The van der Waals surface area contributed by atoms with Gasteiger partial charge in [-0.1, -0.05) is 18.2 Å². The van der Waals surface area contributed by atoms with Crippen LogP contribution in [0.4, 0.5) is 10.5 Å². The number of benzene rings is 1. The first kappa shape index (κ1) is 16.0. The number of carbonyl (C=O) groups is 3. The van der Waals surface area contributed by atoms with Gasteiger partial charge < -0.3 is 9.80 Å². The van der Waals surface area contributed by atoms with Crippen molar-refractivity contribution in [2.24, 2.45) is 0 Å². The van der Waals surface area contributed by atoms with Crippen LogP contribution in [0.2, 0.25) is 0 Å². The second-order valence-corrected chi connectivity index (χ2v) is 6.92. The normalized spacial score (nSPS) is 22.7. The Hall–Kier alpha value is -1.86. The summed E-state index contributed by atoms with van der Waals surface area (Å²) >= 11 is 0.949. The number of likely N-dealkylation sites (N-methyl/N-ethyl adjacent to an activating group) is 1. The van der Waals surface area contributed by atoms with Crippen LogP contribution >= 0.6 is 11.8 Å². The Balaban J connectivity index is 1.64. The van der Waals surface area contributed by atoms with Crippen molar-refractivity contribution in [1.29, 1.82) is 0 Å². The number of piperazine rings is 1. The van der Waals surface area contributed by atoms with Crippen molar-refractivity contribution in [2.75, 3.05) is 38.1 Å². The molecular weight excluding hydrogens is 314 g/mol. The van der Waals surface area contributed by atoms with Crippen LogP contribution in [0.1, 0.15) is 6.42 Å². The molecule has 1 aromatic rings. The Kier molecular flexibility index (Phi) is 4.68. The molecule has 23 heavy (non-hydrogen) atoms. The van der Waals surface area contributed by atoms with Gasteiger partial charge in [-0.15, -0.1) is 0 Å². The molecule has 3 amide bonds. The molecule has 2 saturated heterocycles. The van der Waals surface area contributed by atoms with E-state index in [0.717, 1.165) is 24.9 Å². The molecule has 3 rings (SSSR count). The summed E-state index contributed by atoms with van der Waals surface area (Å²) in [7, 11) is 2.02. The van der Waals surface area contributed by atoms with Crippen molar-refractivity contribution >= 4 is 34.5 Å². The minimum absolute atomic E-state index is 0.0494. The van der Waals surface area contributed by atoms with E-state index in [1.165, 1.54) is 4.90 Å². The number of para-hydroxylation sites is 1. The molecule has 7 heteroatoms. The van der Waals surface area contributed by atoms with Crippen molar-refractivity contribution in [3.8, 4) is 0 Å². The molecule has 0 spiro atoms. The number of nitrogens with zero attached hydrogens (tertiary/aromatic N) is 3. The van der Waals surface area contributed by atoms with Crippen LogP contribution in [0, 0.1) is 0 Å². The quantitative estimate of drug-likeness (QED) is 0.837. The molecule has 0 saturated carbocycles. The second kappa shape index (κ2) is 6.72. The highest BCUT2D eigenvalue weighted by atomic mass is 32.2. The van der Waals surface area contributed by atoms with Gasteiger partial charge in [-0.3, -0.25) is 14.4 Å². The number of thioether (sulfide) groups is 1. The van der Waals surface area contributed by atoms with E-state index in [2.05, 4.69) is 4.90 Å². The fourth-order valence-electron chi connectivity index (χ4n) is 2.74. The van der Waals surface area contributed by atoms with Crippen LogP contribution in [0.3, 0.4) is 0 Å². The van der Waals surface area contributed by atoms with E-state index in [4.69, 9.17) is 0 Å². The predicted octanol–water partition coefficient (Wildman–Crippen LogP) is 1.42. The largest absolute Gasteiger partial charge is 0.340 e.